The molecule has 1 heterocycles. The summed E-state index contributed by atoms with van der Waals surface area (Å²) in [5.74, 6) is -0.343. The number of hydrogen-bond donors (Lipinski definition) is 1. The van der Waals surface area contributed by atoms with Crippen molar-refractivity contribution in [2.45, 2.75) is 69.9 Å². The second-order valence-corrected chi connectivity index (χ2v) is 8.88. The molecule has 0 aromatic heterocycles. The van der Waals surface area contributed by atoms with Crippen molar-refractivity contribution in [1.82, 2.24) is 4.31 Å². The van der Waals surface area contributed by atoms with Gasteiger partial charge in [-0.1, -0.05) is 25.7 Å². The highest BCUT2D eigenvalue weighted by Crippen LogP contribution is 2.42. The summed E-state index contributed by atoms with van der Waals surface area (Å²) in [6, 6.07) is -0.893. The van der Waals surface area contributed by atoms with Gasteiger partial charge < -0.3 is 5.11 Å². The number of carboxylic acids is 1. The lowest BCUT2D eigenvalue weighted by atomic mass is 9.85. The van der Waals surface area contributed by atoms with Gasteiger partial charge in [-0.05, 0) is 43.9 Å². The predicted molar refractivity (Wildman–Crippen MR) is 79.4 cm³/mol. The Hall–Kier alpha value is -0.620. The van der Waals surface area contributed by atoms with Crippen LogP contribution in [0.15, 0.2) is 0 Å². The summed E-state index contributed by atoms with van der Waals surface area (Å²) in [5.41, 5.74) is 0. The Kier molecular flexibility index (Phi) is 4.28. The number of aliphatic carboxylic acids is 1. The van der Waals surface area contributed by atoms with Crippen molar-refractivity contribution in [3.63, 3.8) is 0 Å². The molecule has 3 atom stereocenters. The first kappa shape index (κ1) is 15.3. The minimum Gasteiger partial charge on any atom is -0.480 e. The number of hydrogen-bond acceptors (Lipinski definition) is 3. The smallest absolute Gasteiger partial charge is 0.322 e. The van der Waals surface area contributed by atoms with Gasteiger partial charge in [-0.2, -0.15) is 4.31 Å². The number of fused-ring (bicyclic) bond motifs is 1. The van der Waals surface area contributed by atoms with Crippen molar-refractivity contribution in [2.24, 2.45) is 11.8 Å². The van der Waals surface area contributed by atoms with Crippen LogP contribution in [0.4, 0.5) is 0 Å². The standard InChI is InChI=1S/C15H25NO4S/c17-15(18)14-9-12-7-3-4-8-13(12)16(14)21(19,20)10-11-5-1-2-6-11/h11-14H,1-10H2,(H,17,18). The topological polar surface area (TPSA) is 74.7 Å². The molecule has 1 saturated heterocycles. The molecule has 3 rings (SSSR count). The molecule has 0 bridgehead atoms. The van der Waals surface area contributed by atoms with E-state index in [9.17, 15) is 18.3 Å². The van der Waals surface area contributed by atoms with Crippen LogP contribution in [0, 0.1) is 11.8 Å². The highest BCUT2D eigenvalue weighted by molar-refractivity contribution is 7.89. The average molecular weight is 315 g/mol. The molecule has 0 aromatic carbocycles. The van der Waals surface area contributed by atoms with Crippen molar-refractivity contribution in [1.29, 1.82) is 0 Å². The first-order chi connectivity index (χ1) is 9.99. The molecule has 2 aliphatic carbocycles. The zero-order chi connectivity index (χ0) is 15.0. The van der Waals surface area contributed by atoms with Crippen LogP contribution >= 0.6 is 0 Å². The maximum Gasteiger partial charge on any atom is 0.322 e. The first-order valence-electron chi connectivity index (χ1n) is 8.23. The number of sulfonamides is 1. The number of rotatable bonds is 4. The molecule has 2 saturated carbocycles. The van der Waals surface area contributed by atoms with Gasteiger partial charge in [0.25, 0.3) is 0 Å². The summed E-state index contributed by atoms with van der Waals surface area (Å²) in [6.45, 7) is 0. The van der Waals surface area contributed by atoms with Gasteiger partial charge in [-0.3, -0.25) is 4.79 Å². The second kappa shape index (κ2) is 5.88. The Balaban J connectivity index is 1.83. The Morgan fingerprint density at radius 2 is 1.67 bits per heavy atom. The average Bonchev–Trinajstić information content (AvgIpc) is 3.04. The molecular weight excluding hydrogens is 290 g/mol. The van der Waals surface area contributed by atoms with Gasteiger partial charge in [0.2, 0.25) is 10.0 Å². The van der Waals surface area contributed by atoms with E-state index in [1.807, 2.05) is 0 Å². The molecular formula is C15H25NO4S. The second-order valence-electron chi connectivity index (χ2n) is 6.96. The minimum atomic E-state index is -3.46. The van der Waals surface area contributed by atoms with Crippen molar-refractivity contribution < 1.29 is 18.3 Å². The van der Waals surface area contributed by atoms with Gasteiger partial charge in [0.1, 0.15) is 6.04 Å². The van der Waals surface area contributed by atoms with Crippen molar-refractivity contribution in [2.75, 3.05) is 5.75 Å². The van der Waals surface area contributed by atoms with Gasteiger partial charge in [-0.15, -0.1) is 0 Å². The third-order valence-corrected chi connectivity index (χ3v) is 7.62. The van der Waals surface area contributed by atoms with Crippen LogP contribution in [0.1, 0.15) is 57.8 Å². The molecule has 0 radical (unpaired) electrons. The lowest BCUT2D eigenvalue weighted by molar-refractivity contribution is -0.141. The third-order valence-electron chi connectivity index (χ3n) is 5.56. The van der Waals surface area contributed by atoms with Gasteiger partial charge in [-0.25, -0.2) is 8.42 Å². The van der Waals surface area contributed by atoms with Crippen LogP contribution in [-0.2, 0) is 14.8 Å². The number of carboxylic acid groups (broad SMARTS) is 1. The van der Waals surface area contributed by atoms with Crippen LogP contribution in [-0.4, -0.2) is 41.6 Å². The maximum absolute atomic E-state index is 12.8. The molecule has 3 unspecified atom stereocenters. The van der Waals surface area contributed by atoms with Gasteiger partial charge >= 0.3 is 5.97 Å². The molecule has 120 valence electrons. The molecule has 1 N–H and O–H groups in total. The predicted octanol–water partition coefficient (Wildman–Crippen LogP) is 2.22. The van der Waals surface area contributed by atoms with Crippen LogP contribution in [0.5, 0.6) is 0 Å². The highest BCUT2D eigenvalue weighted by atomic mass is 32.2. The summed E-state index contributed by atoms with van der Waals surface area (Å²) >= 11 is 0. The monoisotopic (exact) mass is 315 g/mol. The molecule has 0 aromatic rings. The normalized spacial score (nSPS) is 35.0. The largest absolute Gasteiger partial charge is 0.480 e. The molecule has 21 heavy (non-hydrogen) atoms. The SMILES string of the molecule is O=C(O)C1CC2CCCCC2N1S(=O)(=O)CC1CCCC1. The zero-order valence-corrected chi connectivity index (χ0v) is 13.2. The van der Waals surface area contributed by atoms with Crippen molar-refractivity contribution >= 4 is 16.0 Å². The van der Waals surface area contributed by atoms with Gasteiger partial charge in [0.05, 0.1) is 5.75 Å². The van der Waals surface area contributed by atoms with E-state index in [-0.39, 0.29) is 23.6 Å². The van der Waals surface area contributed by atoms with E-state index in [1.165, 1.54) is 4.31 Å². The summed E-state index contributed by atoms with van der Waals surface area (Å²) in [7, 11) is -3.46. The molecule has 0 amide bonds. The van der Waals surface area contributed by atoms with Crippen LogP contribution in [0.3, 0.4) is 0 Å². The summed E-state index contributed by atoms with van der Waals surface area (Å²) in [6.07, 6.45) is 8.58. The van der Waals surface area contributed by atoms with E-state index in [0.29, 0.717) is 6.42 Å². The molecule has 1 aliphatic heterocycles. The molecule has 6 heteroatoms. The van der Waals surface area contributed by atoms with E-state index in [2.05, 4.69) is 0 Å². The molecule has 0 spiro atoms. The number of carbonyl (C=O) groups is 1. The fourth-order valence-electron chi connectivity index (χ4n) is 4.59. The Morgan fingerprint density at radius 3 is 2.33 bits per heavy atom. The highest BCUT2D eigenvalue weighted by Gasteiger charge is 2.50. The van der Waals surface area contributed by atoms with E-state index in [4.69, 9.17) is 0 Å². The first-order valence-corrected chi connectivity index (χ1v) is 9.84. The fourth-order valence-corrected chi connectivity index (χ4v) is 6.95. The van der Waals surface area contributed by atoms with Crippen molar-refractivity contribution in [3.05, 3.63) is 0 Å². The van der Waals surface area contributed by atoms with E-state index in [1.54, 1.807) is 0 Å². The lowest BCUT2D eigenvalue weighted by Crippen LogP contribution is -2.47. The fraction of sp³-hybridized carbons (Fsp3) is 0.933. The van der Waals surface area contributed by atoms with Gasteiger partial charge in [0.15, 0.2) is 0 Å². The molecule has 3 aliphatic rings. The summed E-state index contributed by atoms with van der Waals surface area (Å²) in [5, 5.41) is 9.45. The van der Waals surface area contributed by atoms with Crippen molar-refractivity contribution in [3.8, 4) is 0 Å². The van der Waals surface area contributed by atoms with Crippen LogP contribution in [0.25, 0.3) is 0 Å². The van der Waals surface area contributed by atoms with Crippen LogP contribution in [0.2, 0.25) is 0 Å². The Labute approximate surface area is 126 Å². The summed E-state index contributed by atoms with van der Waals surface area (Å²) in [4.78, 5) is 11.5. The number of nitrogens with zero attached hydrogens (tertiary/aromatic N) is 1. The minimum absolute atomic E-state index is 0.0637. The Morgan fingerprint density at radius 1 is 1.05 bits per heavy atom. The Bertz CT molecular complexity index is 498. The van der Waals surface area contributed by atoms with Gasteiger partial charge in [0, 0.05) is 6.04 Å². The molecule has 5 nitrogen and oxygen atoms in total. The molecule has 3 fully saturated rings. The van der Waals surface area contributed by atoms with E-state index < -0.39 is 22.0 Å². The zero-order valence-electron chi connectivity index (χ0n) is 12.4. The van der Waals surface area contributed by atoms with E-state index >= 15 is 0 Å². The van der Waals surface area contributed by atoms with Crippen LogP contribution < -0.4 is 0 Å². The quantitative estimate of drug-likeness (QED) is 0.863. The third kappa shape index (κ3) is 2.97. The maximum atomic E-state index is 12.8. The lowest BCUT2D eigenvalue weighted by Gasteiger charge is -2.32. The van der Waals surface area contributed by atoms with E-state index in [0.717, 1.165) is 51.4 Å². The summed E-state index contributed by atoms with van der Waals surface area (Å²) < 4.78 is 27.0.